The van der Waals surface area contributed by atoms with Gasteiger partial charge >= 0.3 is 5.97 Å². The van der Waals surface area contributed by atoms with Gasteiger partial charge in [0.25, 0.3) is 0 Å². The van der Waals surface area contributed by atoms with Gasteiger partial charge in [-0.05, 0) is 25.2 Å². The van der Waals surface area contributed by atoms with Gasteiger partial charge in [-0.1, -0.05) is 26.7 Å². The van der Waals surface area contributed by atoms with Gasteiger partial charge in [-0.25, -0.2) is 4.79 Å². The molecule has 106 valence electrons. The summed E-state index contributed by atoms with van der Waals surface area (Å²) in [6.07, 6.45) is 3.68. The lowest BCUT2D eigenvalue weighted by Gasteiger charge is -2.24. The SMILES string of the molecule is CC(C)CC(C(=O)O)N1C(=O)C2CCCCC2C1=O. The normalized spacial score (nSPS) is 28.7. The number of carboxylic acid groups (broad SMARTS) is 1. The molecule has 0 spiro atoms. The molecule has 1 saturated heterocycles. The molecule has 1 aliphatic carbocycles. The van der Waals surface area contributed by atoms with Crippen LogP contribution in [0, 0.1) is 17.8 Å². The van der Waals surface area contributed by atoms with Crippen molar-refractivity contribution >= 4 is 17.8 Å². The molecule has 2 fully saturated rings. The van der Waals surface area contributed by atoms with Crippen LogP contribution in [0.25, 0.3) is 0 Å². The van der Waals surface area contributed by atoms with Crippen LogP contribution in [0.1, 0.15) is 46.0 Å². The number of amides is 2. The number of aliphatic carboxylic acids is 1. The summed E-state index contributed by atoms with van der Waals surface area (Å²) in [7, 11) is 0. The number of hydrogen-bond acceptors (Lipinski definition) is 3. The van der Waals surface area contributed by atoms with Crippen molar-refractivity contribution in [3.8, 4) is 0 Å². The van der Waals surface area contributed by atoms with Crippen LogP contribution in [-0.2, 0) is 14.4 Å². The average Bonchev–Trinajstić information content (AvgIpc) is 2.60. The number of hydrogen-bond donors (Lipinski definition) is 1. The van der Waals surface area contributed by atoms with Crippen molar-refractivity contribution in [2.24, 2.45) is 17.8 Å². The molecular formula is C14H21NO4. The molecule has 3 atom stereocenters. The van der Waals surface area contributed by atoms with Crippen LogP contribution in [0.4, 0.5) is 0 Å². The van der Waals surface area contributed by atoms with Crippen LogP contribution in [-0.4, -0.2) is 33.8 Å². The molecule has 1 heterocycles. The van der Waals surface area contributed by atoms with Gasteiger partial charge in [-0.15, -0.1) is 0 Å². The van der Waals surface area contributed by atoms with E-state index in [2.05, 4.69) is 0 Å². The van der Waals surface area contributed by atoms with Crippen molar-refractivity contribution in [2.75, 3.05) is 0 Å². The van der Waals surface area contributed by atoms with Crippen LogP contribution in [0.15, 0.2) is 0 Å². The molecule has 2 rings (SSSR count). The molecule has 3 unspecified atom stereocenters. The smallest absolute Gasteiger partial charge is 0.326 e. The lowest BCUT2D eigenvalue weighted by molar-refractivity contribution is -0.155. The highest BCUT2D eigenvalue weighted by molar-refractivity contribution is 6.07. The third-order valence-electron chi connectivity index (χ3n) is 4.17. The van der Waals surface area contributed by atoms with E-state index in [4.69, 9.17) is 0 Å². The summed E-state index contributed by atoms with van der Waals surface area (Å²) in [6, 6.07) is -0.995. The van der Waals surface area contributed by atoms with Gasteiger partial charge < -0.3 is 5.11 Å². The summed E-state index contributed by atoms with van der Waals surface area (Å²) >= 11 is 0. The molecule has 1 aliphatic heterocycles. The molecule has 1 saturated carbocycles. The van der Waals surface area contributed by atoms with Crippen LogP contribution < -0.4 is 0 Å². The van der Waals surface area contributed by atoms with E-state index in [0.29, 0.717) is 6.42 Å². The summed E-state index contributed by atoms with van der Waals surface area (Å²) in [5, 5.41) is 9.31. The van der Waals surface area contributed by atoms with Gasteiger partial charge in [0, 0.05) is 0 Å². The van der Waals surface area contributed by atoms with Crippen molar-refractivity contribution in [3.05, 3.63) is 0 Å². The molecule has 0 bridgehead atoms. The van der Waals surface area contributed by atoms with Gasteiger partial charge in [-0.2, -0.15) is 0 Å². The second kappa shape index (κ2) is 5.31. The van der Waals surface area contributed by atoms with Gasteiger partial charge in [0.1, 0.15) is 6.04 Å². The maximum absolute atomic E-state index is 12.3. The molecule has 2 aliphatic rings. The maximum Gasteiger partial charge on any atom is 0.326 e. The van der Waals surface area contributed by atoms with E-state index in [-0.39, 0.29) is 29.6 Å². The zero-order valence-electron chi connectivity index (χ0n) is 11.5. The van der Waals surface area contributed by atoms with Crippen molar-refractivity contribution in [2.45, 2.75) is 52.0 Å². The topological polar surface area (TPSA) is 74.7 Å². The fourth-order valence-electron chi connectivity index (χ4n) is 3.26. The highest BCUT2D eigenvalue weighted by atomic mass is 16.4. The van der Waals surface area contributed by atoms with Crippen LogP contribution >= 0.6 is 0 Å². The number of carbonyl (C=O) groups excluding carboxylic acids is 2. The number of nitrogens with zero attached hydrogens (tertiary/aromatic N) is 1. The summed E-state index contributed by atoms with van der Waals surface area (Å²) in [6.45, 7) is 3.79. The van der Waals surface area contributed by atoms with E-state index >= 15 is 0 Å². The number of likely N-dealkylation sites (tertiary alicyclic amines) is 1. The van der Waals surface area contributed by atoms with E-state index in [1.54, 1.807) is 0 Å². The molecule has 0 aromatic heterocycles. The zero-order valence-corrected chi connectivity index (χ0v) is 11.5. The lowest BCUT2D eigenvalue weighted by atomic mass is 9.81. The van der Waals surface area contributed by atoms with Crippen molar-refractivity contribution in [1.82, 2.24) is 4.90 Å². The van der Waals surface area contributed by atoms with Crippen molar-refractivity contribution in [1.29, 1.82) is 0 Å². The minimum absolute atomic E-state index is 0.129. The second-order valence-corrected chi connectivity index (χ2v) is 6.03. The number of carboxylic acids is 1. The molecule has 1 N–H and O–H groups in total. The Morgan fingerprint density at radius 2 is 1.68 bits per heavy atom. The van der Waals surface area contributed by atoms with Gasteiger partial charge in [0.2, 0.25) is 11.8 Å². The Balaban J connectivity index is 2.24. The van der Waals surface area contributed by atoms with Crippen LogP contribution in [0.3, 0.4) is 0 Å². The summed E-state index contributed by atoms with van der Waals surface area (Å²) in [5.74, 6) is -2.01. The lowest BCUT2D eigenvalue weighted by Crippen LogP contribution is -2.46. The van der Waals surface area contributed by atoms with Crippen LogP contribution in [0.2, 0.25) is 0 Å². The first kappa shape index (κ1) is 14.0. The first-order valence-electron chi connectivity index (χ1n) is 7.03. The molecular weight excluding hydrogens is 246 g/mol. The Bertz CT molecular complexity index is 380. The number of imide groups is 1. The predicted molar refractivity (Wildman–Crippen MR) is 68.2 cm³/mol. The van der Waals surface area contributed by atoms with Crippen molar-refractivity contribution < 1.29 is 19.5 Å². The largest absolute Gasteiger partial charge is 0.480 e. The fourth-order valence-corrected chi connectivity index (χ4v) is 3.26. The predicted octanol–water partition coefficient (Wildman–Crippen LogP) is 1.66. The van der Waals surface area contributed by atoms with Crippen molar-refractivity contribution in [3.63, 3.8) is 0 Å². The van der Waals surface area contributed by atoms with Gasteiger partial charge in [0.05, 0.1) is 11.8 Å². The quantitative estimate of drug-likeness (QED) is 0.786. The average molecular weight is 267 g/mol. The number of carbonyl (C=O) groups is 3. The van der Waals surface area contributed by atoms with Gasteiger partial charge in [-0.3, -0.25) is 14.5 Å². The van der Waals surface area contributed by atoms with Gasteiger partial charge in [0.15, 0.2) is 0 Å². The highest BCUT2D eigenvalue weighted by Gasteiger charge is 2.51. The number of rotatable bonds is 4. The first-order chi connectivity index (χ1) is 8.93. The fraction of sp³-hybridized carbons (Fsp3) is 0.786. The van der Waals surface area contributed by atoms with E-state index in [0.717, 1.165) is 30.6 Å². The summed E-state index contributed by atoms with van der Waals surface area (Å²) < 4.78 is 0. The minimum Gasteiger partial charge on any atom is -0.480 e. The third-order valence-corrected chi connectivity index (χ3v) is 4.17. The first-order valence-corrected chi connectivity index (χ1v) is 7.03. The molecule has 19 heavy (non-hydrogen) atoms. The van der Waals surface area contributed by atoms with E-state index in [9.17, 15) is 19.5 Å². The Morgan fingerprint density at radius 3 is 2.05 bits per heavy atom. The van der Waals surface area contributed by atoms with Crippen LogP contribution in [0.5, 0.6) is 0 Å². The highest BCUT2D eigenvalue weighted by Crippen LogP contribution is 2.39. The maximum atomic E-state index is 12.3. The minimum atomic E-state index is -1.07. The number of fused-ring (bicyclic) bond motifs is 1. The Kier molecular flexibility index (Phi) is 3.92. The summed E-state index contributed by atoms with van der Waals surface area (Å²) in [5.41, 5.74) is 0. The molecule has 2 amide bonds. The molecule has 0 aromatic rings. The van der Waals surface area contributed by atoms with E-state index in [1.807, 2.05) is 13.8 Å². The molecule has 0 aromatic carbocycles. The molecule has 0 radical (unpaired) electrons. The Morgan fingerprint density at radius 1 is 1.21 bits per heavy atom. The molecule has 5 heteroatoms. The summed E-state index contributed by atoms with van der Waals surface area (Å²) in [4.78, 5) is 37.1. The monoisotopic (exact) mass is 267 g/mol. The second-order valence-electron chi connectivity index (χ2n) is 6.03. The third kappa shape index (κ3) is 2.51. The molecule has 5 nitrogen and oxygen atoms in total. The standard InChI is InChI=1S/C14H21NO4/c1-8(2)7-11(14(18)19)15-12(16)9-5-3-4-6-10(9)13(15)17/h8-11H,3-7H2,1-2H3,(H,18,19). The van der Waals surface area contributed by atoms with E-state index < -0.39 is 12.0 Å². The zero-order chi connectivity index (χ0) is 14.2. The Hall–Kier alpha value is -1.39. The Labute approximate surface area is 113 Å². The van der Waals surface area contributed by atoms with E-state index in [1.165, 1.54) is 0 Å².